The van der Waals surface area contributed by atoms with Gasteiger partial charge in [0.1, 0.15) is 5.82 Å². The maximum atomic E-state index is 12.6. The van der Waals surface area contributed by atoms with Crippen LogP contribution in [0.1, 0.15) is 53.9 Å². The maximum absolute atomic E-state index is 12.6. The van der Waals surface area contributed by atoms with Crippen molar-refractivity contribution in [2.75, 3.05) is 5.75 Å². The SMILES string of the molecule is Cc1ccc(-n2c(C)nnc2SCC(=O)NC(C)c2ccc3c(c2)CCCC3)cc1. The first-order chi connectivity index (χ1) is 14.5. The van der Waals surface area contributed by atoms with Gasteiger partial charge in [0.25, 0.3) is 0 Å². The van der Waals surface area contributed by atoms with Gasteiger partial charge in [-0.25, -0.2) is 0 Å². The van der Waals surface area contributed by atoms with Gasteiger partial charge >= 0.3 is 0 Å². The van der Waals surface area contributed by atoms with Crippen LogP contribution in [0.4, 0.5) is 0 Å². The highest BCUT2D eigenvalue weighted by Gasteiger charge is 2.16. The van der Waals surface area contributed by atoms with E-state index in [2.05, 4.69) is 52.8 Å². The van der Waals surface area contributed by atoms with E-state index < -0.39 is 0 Å². The lowest BCUT2D eigenvalue weighted by molar-refractivity contribution is -0.119. The van der Waals surface area contributed by atoms with Crippen LogP contribution < -0.4 is 5.32 Å². The number of thioether (sulfide) groups is 1. The van der Waals surface area contributed by atoms with E-state index in [0.717, 1.165) is 23.1 Å². The molecule has 0 saturated heterocycles. The molecular weight excluding hydrogens is 392 g/mol. The fourth-order valence-corrected chi connectivity index (χ4v) is 4.76. The van der Waals surface area contributed by atoms with Crippen LogP contribution in [0.25, 0.3) is 5.69 Å². The summed E-state index contributed by atoms with van der Waals surface area (Å²) in [6.45, 7) is 6.04. The van der Waals surface area contributed by atoms with Gasteiger partial charge in [0, 0.05) is 5.69 Å². The highest BCUT2D eigenvalue weighted by Crippen LogP contribution is 2.25. The minimum absolute atomic E-state index is 0.00123. The molecule has 1 atom stereocenters. The van der Waals surface area contributed by atoms with E-state index in [1.165, 1.54) is 53.3 Å². The van der Waals surface area contributed by atoms with Crippen LogP contribution in [0.5, 0.6) is 0 Å². The maximum Gasteiger partial charge on any atom is 0.230 e. The fourth-order valence-electron chi connectivity index (χ4n) is 3.95. The second kappa shape index (κ2) is 9.04. The molecule has 1 N–H and O–H groups in total. The number of hydrogen-bond acceptors (Lipinski definition) is 4. The van der Waals surface area contributed by atoms with Gasteiger partial charge in [-0.3, -0.25) is 9.36 Å². The predicted octanol–water partition coefficient (Wildman–Crippen LogP) is 4.73. The van der Waals surface area contributed by atoms with Crippen LogP contribution in [-0.4, -0.2) is 26.4 Å². The summed E-state index contributed by atoms with van der Waals surface area (Å²) in [6, 6.07) is 14.9. The number of carbonyl (C=O) groups excluding carboxylic acids is 1. The van der Waals surface area contributed by atoms with E-state index in [9.17, 15) is 4.79 Å². The molecule has 30 heavy (non-hydrogen) atoms. The Bertz CT molecular complexity index is 1040. The molecule has 0 saturated carbocycles. The first-order valence-electron chi connectivity index (χ1n) is 10.5. The van der Waals surface area contributed by atoms with Crippen LogP contribution in [0.2, 0.25) is 0 Å². The topological polar surface area (TPSA) is 59.8 Å². The van der Waals surface area contributed by atoms with Crippen LogP contribution in [0.15, 0.2) is 47.6 Å². The molecule has 1 aliphatic carbocycles. The molecule has 2 aromatic carbocycles. The number of nitrogens with one attached hydrogen (secondary N) is 1. The summed E-state index contributed by atoms with van der Waals surface area (Å²) in [5.41, 5.74) is 6.29. The van der Waals surface area contributed by atoms with Gasteiger partial charge in [-0.1, -0.05) is 47.7 Å². The van der Waals surface area contributed by atoms with Crippen molar-refractivity contribution in [3.8, 4) is 5.69 Å². The Morgan fingerprint density at radius 1 is 1.07 bits per heavy atom. The van der Waals surface area contributed by atoms with Gasteiger partial charge in [0.05, 0.1) is 11.8 Å². The summed E-state index contributed by atoms with van der Waals surface area (Å²) in [7, 11) is 0. The number of hydrogen-bond donors (Lipinski definition) is 1. The summed E-state index contributed by atoms with van der Waals surface area (Å²) in [6.07, 6.45) is 4.86. The second-order valence-electron chi connectivity index (χ2n) is 8.01. The van der Waals surface area contributed by atoms with Gasteiger partial charge in [-0.15, -0.1) is 10.2 Å². The summed E-state index contributed by atoms with van der Waals surface area (Å²) < 4.78 is 1.99. The van der Waals surface area contributed by atoms with E-state index in [1.54, 1.807) is 0 Å². The zero-order valence-corrected chi connectivity index (χ0v) is 18.6. The smallest absolute Gasteiger partial charge is 0.230 e. The van der Waals surface area contributed by atoms with Crippen molar-refractivity contribution >= 4 is 17.7 Å². The zero-order chi connectivity index (χ0) is 21.1. The molecule has 1 aromatic heterocycles. The van der Waals surface area contributed by atoms with Crippen LogP contribution >= 0.6 is 11.8 Å². The quantitative estimate of drug-likeness (QED) is 0.586. The number of carbonyl (C=O) groups is 1. The molecule has 4 rings (SSSR count). The molecule has 0 fully saturated rings. The van der Waals surface area contributed by atoms with E-state index in [-0.39, 0.29) is 11.9 Å². The predicted molar refractivity (Wildman–Crippen MR) is 121 cm³/mol. The summed E-state index contributed by atoms with van der Waals surface area (Å²) in [5.74, 6) is 1.12. The zero-order valence-electron chi connectivity index (χ0n) is 17.8. The number of rotatable bonds is 6. The lowest BCUT2D eigenvalue weighted by Crippen LogP contribution is -2.28. The third-order valence-corrected chi connectivity index (χ3v) is 6.60. The van der Waals surface area contributed by atoms with Crippen LogP contribution in [0, 0.1) is 13.8 Å². The molecular formula is C24H28N4OS. The number of aryl methyl sites for hydroxylation is 4. The Morgan fingerprint density at radius 2 is 1.80 bits per heavy atom. The number of aromatic nitrogens is 3. The monoisotopic (exact) mass is 420 g/mol. The van der Waals surface area contributed by atoms with Gasteiger partial charge in [-0.05, 0) is 75.3 Å². The Labute approximate surface area is 182 Å². The van der Waals surface area contributed by atoms with Crippen LogP contribution in [0.3, 0.4) is 0 Å². The second-order valence-corrected chi connectivity index (χ2v) is 8.96. The molecule has 156 valence electrons. The summed E-state index contributed by atoms with van der Waals surface area (Å²) in [5, 5.41) is 12.3. The minimum Gasteiger partial charge on any atom is -0.349 e. The molecule has 0 radical (unpaired) electrons. The molecule has 6 heteroatoms. The highest BCUT2D eigenvalue weighted by atomic mass is 32.2. The third-order valence-electron chi connectivity index (χ3n) is 5.67. The van der Waals surface area contributed by atoms with Crippen molar-refractivity contribution in [1.29, 1.82) is 0 Å². The lowest BCUT2D eigenvalue weighted by atomic mass is 9.89. The van der Waals surface area contributed by atoms with Crippen molar-refractivity contribution in [2.24, 2.45) is 0 Å². The van der Waals surface area contributed by atoms with Gasteiger partial charge in [0.15, 0.2) is 5.16 Å². The van der Waals surface area contributed by atoms with E-state index in [0.29, 0.717) is 5.75 Å². The summed E-state index contributed by atoms with van der Waals surface area (Å²) in [4.78, 5) is 12.6. The molecule has 1 amide bonds. The third kappa shape index (κ3) is 4.59. The van der Waals surface area contributed by atoms with E-state index in [1.807, 2.05) is 30.5 Å². The standard InChI is InChI=1S/C24H28N4OS/c1-16-8-12-22(13-9-16)28-18(3)26-27-24(28)30-15-23(29)25-17(2)20-11-10-19-6-4-5-7-21(19)14-20/h8-14,17H,4-7,15H2,1-3H3,(H,25,29). The first kappa shape index (κ1) is 20.7. The number of fused-ring (bicyclic) bond motifs is 1. The van der Waals surface area contributed by atoms with E-state index in [4.69, 9.17) is 0 Å². The van der Waals surface area contributed by atoms with Crippen molar-refractivity contribution < 1.29 is 4.79 Å². The number of nitrogens with zero attached hydrogens (tertiary/aromatic N) is 3. The Hall–Kier alpha value is -2.60. The fraction of sp³-hybridized carbons (Fsp3) is 0.375. The molecule has 0 bridgehead atoms. The van der Waals surface area contributed by atoms with E-state index >= 15 is 0 Å². The molecule has 1 aliphatic rings. The largest absolute Gasteiger partial charge is 0.349 e. The van der Waals surface area contributed by atoms with Crippen molar-refractivity contribution in [3.05, 3.63) is 70.5 Å². The van der Waals surface area contributed by atoms with Gasteiger partial charge < -0.3 is 5.32 Å². The van der Waals surface area contributed by atoms with Crippen LogP contribution in [-0.2, 0) is 17.6 Å². The van der Waals surface area contributed by atoms with Gasteiger partial charge in [0.2, 0.25) is 5.91 Å². The Balaban J connectivity index is 1.39. The molecule has 0 spiro atoms. The van der Waals surface area contributed by atoms with Crippen molar-refractivity contribution in [2.45, 2.75) is 57.7 Å². The molecule has 0 aliphatic heterocycles. The van der Waals surface area contributed by atoms with Crippen molar-refractivity contribution in [3.63, 3.8) is 0 Å². The van der Waals surface area contributed by atoms with Gasteiger partial charge in [-0.2, -0.15) is 0 Å². The molecule has 3 aromatic rings. The molecule has 1 unspecified atom stereocenters. The lowest BCUT2D eigenvalue weighted by Gasteiger charge is -2.20. The molecule has 1 heterocycles. The van der Waals surface area contributed by atoms with Crippen molar-refractivity contribution in [1.82, 2.24) is 20.1 Å². The highest BCUT2D eigenvalue weighted by molar-refractivity contribution is 7.99. The Kier molecular flexibility index (Phi) is 6.23. The number of benzene rings is 2. The normalized spacial score (nSPS) is 14.2. The molecule has 5 nitrogen and oxygen atoms in total. The number of amides is 1. The average molecular weight is 421 g/mol. The Morgan fingerprint density at radius 3 is 2.57 bits per heavy atom. The minimum atomic E-state index is -0.0120. The summed E-state index contributed by atoms with van der Waals surface area (Å²) >= 11 is 1.41. The first-order valence-corrected chi connectivity index (χ1v) is 11.5. The average Bonchev–Trinajstić information content (AvgIpc) is 3.13.